The molecule has 0 radical (unpaired) electrons. The number of methoxy groups -OCH3 is 1. The van der Waals surface area contributed by atoms with Gasteiger partial charge in [-0.3, -0.25) is 0 Å². The van der Waals surface area contributed by atoms with Crippen molar-refractivity contribution in [2.45, 2.75) is 18.4 Å². The molecule has 1 N–H and O–H groups in total. The van der Waals surface area contributed by atoms with Crippen LogP contribution in [0.25, 0.3) is 0 Å². The zero-order valence-corrected chi connectivity index (χ0v) is 14.6. The number of allylic oxidation sites excluding steroid dienone is 2. The summed E-state index contributed by atoms with van der Waals surface area (Å²) in [5.74, 6) is 2.03. The van der Waals surface area contributed by atoms with Crippen LogP contribution in [0.2, 0.25) is 0 Å². The third kappa shape index (κ3) is 2.22. The second kappa shape index (κ2) is 5.61. The van der Waals surface area contributed by atoms with Crippen LogP contribution in [0, 0.1) is 9.49 Å². The number of anilines is 1. The molecular formula is C19H18INO. The summed E-state index contributed by atoms with van der Waals surface area (Å²) in [6, 6.07) is 15.4. The first kappa shape index (κ1) is 14.1. The maximum Gasteiger partial charge on any atom is 0.124 e. The van der Waals surface area contributed by atoms with E-state index >= 15 is 0 Å². The van der Waals surface area contributed by atoms with Crippen molar-refractivity contribution in [2.75, 3.05) is 12.4 Å². The topological polar surface area (TPSA) is 21.3 Å². The molecule has 0 bridgehead atoms. The molecule has 0 aromatic heterocycles. The Hall–Kier alpha value is -1.49. The van der Waals surface area contributed by atoms with Crippen molar-refractivity contribution in [3.8, 4) is 5.75 Å². The highest BCUT2D eigenvalue weighted by Crippen LogP contribution is 2.51. The number of nitrogens with one attached hydrogen (secondary N) is 1. The molecule has 0 spiro atoms. The summed E-state index contributed by atoms with van der Waals surface area (Å²) >= 11 is 2.40. The first-order valence-electron chi connectivity index (χ1n) is 7.63. The van der Waals surface area contributed by atoms with Gasteiger partial charge >= 0.3 is 0 Å². The van der Waals surface area contributed by atoms with Gasteiger partial charge < -0.3 is 10.1 Å². The first-order valence-corrected chi connectivity index (χ1v) is 8.71. The fraction of sp³-hybridized carbons (Fsp3) is 0.263. The van der Waals surface area contributed by atoms with Crippen LogP contribution < -0.4 is 10.1 Å². The molecule has 1 heterocycles. The number of para-hydroxylation sites is 1. The van der Waals surface area contributed by atoms with E-state index in [4.69, 9.17) is 4.74 Å². The maximum absolute atomic E-state index is 5.59. The predicted molar refractivity (Wildman–Crippen MR) is 98.5 cm³/mol. The summed E-state index contributed by atoms with van der Waals surface area (Å²) in [6.45, 7) is 0. The molecule has 2 aromatic carbocycles. The Balaban J connectivity index is 1.81. The zero-order valence-electron chi connectivity index (χ0n) is 12.4. The van der Waals surface area contributed by atoms with Gasteiger partial charge in [0.2, 0.25) is 0 Å². The summed E-state index contributed by atoms with van der Waals surface area (Å²) in [7, 11) is 1.75. The lowest BCUT2D eigenvalue weighted by Crippen LogP contribution is -2.29. The number of hydrogen-bond donors (Lipinski definition) is 1. The van der Waals surface area contributed by atoms with Gasteiger partial charge in [-0.2, -0.15) is 0 Å². The summed E-state index contributed by atoms with van der Waals surface area (Å²) in [4.78, 5) is 0. The molecule has 2 nitrogen and oxygen atoms in total. The van der Waals surface area contributed by atoms with E-state index in [2.05, 4.69) is 76.5 Å². The summed E-state index contributed by atoms with van der Waals surface area (Å²) in [5, 5.41) is 3.76. The van der Waals surface area contributed by atoms with E-state index < -0.39 is 0 Å². The van der Waals surface area contributed by atoms with Crippen LogP contribution in [0.4, 0.5) is 5.69 Å². The van der Waals surface area contributed by atoms with Gasteiger partial charge in [0.25, 0.3) is 0 Å². The van der Waals surface area contributed by atoms with E-state index in [9.17, 15) is 0 Å². The lowest BCUT2D eigenvalue weighted by atomic mass is 9.77. The fourth-order valence-electron chi connectivity index (χ4n) is 3.80. The van der Waals surface area contributed by atoms with Crippen LogP contribution in [0.3, 0.4) is 0 Å². The molecule has 1 aliphatic heterocycles. The smallest absolute Gasteiger partial charge is 0.124 e. The Kier molecular flexibility index (Phi) is 3.60. The number of benzene rings is 2. The molecule has 2 aliphatic rings. The SMILES string of the molecule is COc1ccccc1[C@@H]1Nc2ccc(I)cc2[C@@H]2C=CC[C@@H]21. The number of rotatable bonds is 2. The van der Waals surface area contributed by atoms with Crippen LogP contribution in [0.5, 0.6) is 5.75 Å². The van der Waals surface area contributed by atoms with Gasteiger partial charge in [0.15, 0.2) is 0 Å². The third-order valence-electron chi connectivity index (χ3n) is 4.80. The number of ether oxygens (including phenoxy) is 1. The molecule has 22 heavy (non-hydrogen) atoms. The monoisotopic (exact) mass is 403 g/mol. The van der Waals surface area contributed by atoms with Gasteiger partial charge in [0.05, 0.1) is 13.2 Å². The average molecular weight is 403 g/mol. The molecule has 112 valence electrons. The largest absolute Gasteiger partial charge is 0.496 e. The average Bonchev–Trinajstić information content (AvgIpc) is 3.04. The molecule has 3 atom stereocenters. The minimum Gasteiger partial charge on any atom is -0.496 e. The Bertz CT molecular complexity index is 740. The van der Waals surface area contributed by atoms with Crippen molar-refractivity contribution in [3.05, 3.63) is 69.3 Å². The predicted octanol–water partition coefficient (Wildman–Crippen LogP) is 5.13. The molecule has 0 saturated carbocycles. The van der Waals surface area contributed by atoms with Crippen molar-refractivity contribution in [3.63, 3.8) is 0 Å². The maximum atomic E-state index is 5.59. The van der Waals surface area contributed by atoms with E-state index in [-0.39, 0.29) is 0 Å². The standard InChI is InChI=1S/C19H18INO/c1-22-18-8-3-2-5-15(18)19-14-7-4-6-13(14)16-11-12(20)9-10-17(16)21-19/h2-6,8-11,13-14,19,21H,7H2,1H3/t13-,14+,19-/m1/s1. The molecule has 2 aromatic rings. The lowest BCUT2D eigenvalue weighted by molar-refractivity contribution is 0.381. The van der Waals surface area contributed by atoms with E-state index in [0.29, 0.717) is 17.9 Å². The quantitative estimate of drug-likeness (QED) is 0.555. The molecule has 4 rings (SSSR count). The van der Waals surface area contributed by atoms with Gasteiger partial charge in [-0.15, -0.1) is 0 Å². The molecule has 0 unspecified atom stereocenters. The van der Waals surface area contributed by atoms with Gasteiger partial charge in [-0.25, -0.2) is 0 Å². The van der Waals surface area contributed by atoms with Crippen LogP contribution >= 0.6 is 22.6 Å². The first-order chi connectivity index (χ1) is 10.8. The normalized spacial score (nSPS) is 25.3. The molecule has 3 heteroatoms. The van der Waals surface area contributed by atoms with Crippen LogP contribution in [-0.2, 0) is 0 Å². The van der Waals surface area contributed by atoms with Crippen molar-refractivity contribution in [2.24, 2.45) is 5.92 Å². The number of halogens is 1. The highest BCUT2D eigenvalue weighted by molar-refractivity contribution is 14.1. The molecular weight excluding hydrogens is 385 g/mol. The minimum absolute atomic E-state index is 0.295. The molecule has 0 saturated heterocycles. The van der Waals surface area contributed by atoms with Crippen molar-refractivity contribution < 1.29 is 4.74 Å². The Labute approximate surface area is 144 Å². The molecule has 1 aliphatic carbocycles. The Morgan fingerprint density at radius 2 is 2.00 bits per heavy atom. The van der Waals surface area contributed by atoms with Crippen LogP contribution in [0.1, 0.15) is 29.5 Å². The van der Waals surface area contributed by atoms with Gasteiger partial charge in [-0.1, -0.05) is 30.4 Å². The van der Waals surface area contributed by atoms with Crippen LogP contribution in [-0.4, -0.2) is 7.11 Å². The van der Waals surface area contributed by atoms with E-state index in [0.717, 1.165) is 12.2 Å². The minimum atomic E-state index is 0.295. The summed E-state index contributed by atoms with van der Waals surface area (Å²) in [6.07, 6.45) is 5.82. The number of hydrogen-bond acceptors (Lipinski definition) is 2. The zero-order chi connectivity index (χ0) is 15.1. The molecule has 0 fully saturated rings. The second-order valence-electron chi connectivity index (χ2n) is 5.95. The summed E-state index contributed by atoms with van der Waals surface area (Å²) < 4.78 is 6.89. The van der Waals surface area contributed by atoms with Gasteiger partial charge in [-0.05, 0) is 64.8 Å². The molecule has 0 amide bonds. The van der Waals surface area contributed by atoms with E-state index in [1.807, 2.05) is 6.07 Å². The van der Waals surface area contributed by atoms with E-state index in [1.165, 1.54) is 20.4 Å². The Morgan fingerprint density at radius 1 is 1.14 bits per heavy atom. The van der Waals surface area contributed by atoms with Crippen LogP contribution in [0.15, 0.2) is 54.6 Å². The van der Waals surface area contributed by atoms with Gasteiger partial charge in [0.1, 0.15) is 5.75 Å². The number of fused-ring (bicyclic) bond motifs is 3. The lowest BCUT2D eigenvalue weighted by Gasteiger charge is -2.38. The van der Waals surface area contributed by atoms with Gasteiger partial charge in [0, 0.05) is 20.7 Å². The Morgan fingerprint density at radius 3 is 2.86 bits per heavy atom. The van der Waals surface area contributed by atoms with Crippen molar-refractivity contribution >= 4 is 28.3 Å². The highest BCUT2D eigenvalue weighted by Gasteiger charge is 2.38. The van der Waals surface area contributed by atoms with Crippen molar-refractivity contribution in [1.29, 1.82) is 0 Å². The fourth-order valence-corrected chi connectivity index (χ4v) is 4.31. The third-order valence-corrected chi connectivity index (χ3v) is 5.47. The van der Waals surface area contributed by atoms with Crippen molar-refractivity contribution in [1.82, 2.24) is 0 Å². The van der Waals surface area contributed by atoms with E-state index in [1.54, 1.807) is 7.11 Å². The second-order valence-corrected chi connectivity index (χ2v) is 7.19. The highest BCUT2D eigenvalue weighted by atomic mass is 127. The summed E-state index contributed by atoms with van der Waals surface area (Å²) in [5.41, 5.74) is 3.94.